The lowest BCUT2D eigenvalue weighted by Gasteiger charge is -2.22. The van der Waals surface area contributed by atoms with Crippen molar-refractivity contribution in [3.63, 3.8) is 0 Å². The summed E-state index contributed by atoms with van der Waals surface area (Å²) in [6.45, 7) is 7.95. The summed E-state index contributed by atoms with van der Waals surface area (Å²) in [4.78, 5) is 59.0. The highest BCUT2D eigenvalue weighted by molar-refractivity contribution is 6.32. The third-order valence-corrected chi connectivity index (χ3v) is 10.1. The van der Waals surface area contributed by atoms with E-state index in [4.69, 9.17) is 29.9 Å². The van der Waals surface area contributed by atoms with E-state index in [1.807, 2.05) is 159 Å². The lowest BCUT2D eigenvalue weighted by atomic mass is 9.78. The van der Waals surface area contributed by atoms with Gasteiger partial charge < -0.3 is 0 Å². The Labute approximate surface area is 347 Å². The molecule has 0 atom stereocenters. The number of nitrogens with zero attached hydrogens (tertiary/aromatic N) is 6. The second-order valence-electron chi connectivity index (χ2n) is 14.4. The molecule has 0 aliphatic heterocycles. The lowest BCUT2D eigenvalue weighted by molar-refractivity contribution is 0.0980. The Kier molecular flexibility index (Phi) is 10.0. The Morgan fingerprint density at radius 2 is 0.867 bits per heavy atom. The van der Waals surface area contributed by atoms with Crippen molar-refractivity contribution in [3.05, 3.63) is 210 Å². The van der Waals surface area contributed by atoms with Crippen molar-refractivity contribution >= 4 is 17.1 Å². The van der Waals surface area contributed by atoms with Gasteiger partial charge in [-0.3, -0.25) is 9.59 Å². The highest BCUT2D eigenvalue weighted by Gasteiger charge is 2.35. The average molecular weight is 777 g/mol. The summed E-state index contributed by atoms with van der Waals surface area (Å²) in [6, 6.07) is 47.4. The summed E-state index contributed by atoms with van der Waals surface area (Å²) < 4.78 is 0. The summed E-state index contributed by atoms with van der Waals surface area (Å²) >= 11 is 0. The average Bonchev–Trinajstić information content (AvgIpc) is 3.30. The molecule has 0 amide bonds. The van der Waals surface area contributed by atoms with Crippen molar-refractivity contribution in [2.75, 3.05) is 0 Å². The van der Waals surface area contributed by atoms with Crippen molar-refractivity contribution in [1.29, 1.82) is 0 Å². The van der Waals surface area contributed by atoms with Crippen LogP contribution in [-0.2, 0) is 0 Å². The van der Waals surface area contributed by atoms with Crippen molar-refractivity contribution in [3.8, 4) is 68.1 Å². The molecule has 0 spiro atoms. The van der Waals surface area contributed by atoms with Gasteiger partial charge >= 0.3 is 0 Å². The fraction of sp³-hybridized carbons (Fsp3) is 0.0385. The maximum absolute atomic E-state index is 15.1. The van der Waals surface area contributed by atoms with E-state index >= 15 is 4.79 Å². The van der Waals surface area contributed by atoms with Gasteiger partial charge in [0.15, 0.2) is 46.5 Å². The van der Waals surface area contributed by atoms with Gasteiger partial charge in [0.1, 0.15) is 0 Å². The molecule has 0 fully saturated rings. The van der Waals surface area contributed by atoms with Gasteiger partial charge in [-0.25, -0.2) is 29.9 Å². The quantitative estimate of drug-likeness (QED) is 0.133. The summed E-state index contributed by atoms with van der Waals surface area (Å²) in [7, 11) is 0. The molecule has 0 unspecified atom stereocenters. The zero-order chi connectivity index (χ0) is 41.2. The molecule has 60 heavy (non-hydrogen) atoms. The molecule has 0 saturated heterocycles. The van der Waals surface area contributed by atoms with Crippen LogP contribution in [0.2, 0.25) is 0 Å². The van der Waals surface area contributed by atoms with E-state index in [1.165, 1.54) is 0 Å². The zero-order valence-electron chi connectivity index (χ0n) is 32.9. The van der Waals surface area contributed by atoms with Gasteiger partial charge in [0, 0.05) is 55.6 Å². The molecule has 2 heterocycles. The molecule has 0 saturated carbocycles. The van der Waals surface area contributed by atoms with E-state index in [-0.39, 0.29) is 17.1 Å². The fourth-order valence-electron chi connectivity index (χ4n) is 7.41. The molecule has 8 nitrogen and oxygen atoms in total. The summed E-state index contributed by atoms with van der Waals surface area (Å²) in [6.07, 6.45) is 5.83. The monoisotopic (exact) mass is 776 g/mol. The number of rotatable bonds is 9. The van der Waals surface area contributed by atoms with E-state index in [2.05, 4.69) is 6.58 Å². The maximum Gasteiger partial charge on any atom is 0.195 e. The molecule has 1 aliphatic rings. The lowest BCUT2D eigenvalue weighted by Crippen LogP contribution is -2.23. The number of hydrogen-bond acceptors (Lipinski definition) is 8. The van der Waals surface area contributed by atoms with Crippen molar-refractivity contribution in [2.24, 2.45) is 0 Å². The van der Waals surface area contributed by atoms with Crippen molar-refractivity contribution in [2.45, 2.75) is 13.8 Å². The predicted molar refractivity (Wildman–Crippen MR) is 237 cm³/mol. The smallest absolute Gasteiger partial charge is 0.195 e. The number of allylic oxidation sites excluding steroid dienone is 5. The van der Waals surface area contributed by atoms with Crippen molar-refractivity contribution < 1.29 is 9.59 Å². The van der Waals surface area contributed by atoms with Crippen LogP contribution in [0.1, 0.15) is 51.5 Å². The van der Waals surface area contributed by atoms with Crippen LogP contribution in [0.5, 0.6) is 0 Å². The second kappa shape index (κ2) is 16.0. The topological polar surface area (TPSA) is 111 Å². The minimum atomic E-state index is -0.297. The second-order valence-corrected chi connectivity index (χ2v) is 14.4. The van der Waals surface area contributed by atoms with Crippen LogP contribution >= 0.6 is 0 Å². The first-order valence-electron chi connectivity index (χ1n) is 19.5. The van der Waals surface area contributed by atoms with Gasteiger partial charge in [-0.05, 0) is 37.1 Å². The number of ketones is 2. The van der Waals surface area contributed by atoms with Crippen LogP contribution in [0.15, 0.2) is 182 Å². The third kappa shape index (κ3) is 7.18. The number of fused-ring (bicyclic) bond motifs is 2. The molecule has 0 radical (unpaired) electrons. The SMILES string of the molecule is C=C(C)C=C(C=CC)c1nc(-c2ccccc2)nc(-c2cccc(-c3cccc4c3C(=O)c3c(cccc3-c3nc(-c5ccccc5)nc(-c5ccccc5)n3)C4=O)c2)n1. The molecule has 2 aromatic heterocycles. The molecule has 1 aliphatic carbocycles. The number of aromatic nitrogens is 6. The van der Waals surface area contributed by atoms with Gasteiger partial charge in [0.25, 0.3) is 0 Å². The minimum Gasteiger partial charge on any atom is -0.289 e. The van der Waals surface area contributed by atoms with E-state index in [0.717, 1.165) is 33.4 Å². The molecule has 8 heteroatoms. The maximum atomic E-state index is 15.1. The molecule has 0 N–H and O–H groups in total. The molecule has 8 aromatic rings. The van der Waals surface area contributed by atoms with Crippen LogP contribution in [0.3, 0.4) is 0 Å². The molecular formula is C52H36N6O2. The van der Waals surface area contributed by atoms with Crippen LogP contribution in [0.4, 0.5) is 0 Å². The van der Waals surface area contributed by atoms with Crippen LogP contribution in [0, 0.1) is 0 Å². The molecule has 286 valence electrons. The standard InChI is InChI=1S/C52H36N6O2/c1-4-17-37(30-32(2)3)50-54-47(33-18-8-5-9-19-33)55-51(56-50)38-25-14-24-36(31-38)39-26-15-27-40-43(39)46(60)44-41(45(40)59)28-16-29-42(44)52-57-48(34-20-10-6-11-21-34)53-49(58-52)35-22-12-7-13-23-35/h4-31H,2H2,1,3H3. The van der Waals surface area contributed by atoms with Gasteiger partial charge in [-0.1, -0.05) is 170 Å². The van der Waals surface area contributed by atoms with E-state index in [9.17, 15) is 4.79 Å². The van der Waals surface area contributed by atoms with Gasteiger partial charge in [-0.2, -0.15) is 0 Å². The Morgan fingerprint density at radius 1 is 0.450 bits per heavy atom. The number of carbonyl (C=O) groups is 2. The van der Waals surface area contributed by atoms with E-state index in [0.29, 0.717) is 68.3 Å². The van der Waals surface area contributed by atoms with Gasteiger partial charge in [0.05, 0.1) is 0 Å². The molecular weight excluding hydrogens is 741 g/mol. The van der Waals surface area contributed by atoms with Crippen LogP contribution in [-0.4, -0.2) is 41.5 Å². The first-order valence-corrected chi connectivity index (χ1v) is 19.5. The Balaban J connectivity index is 1.18. The number of carbonyl (C=O) groups excluding carboxylic acids is 2. The Bertz CT molecular complexity index is 2990. The largest absolute Gasteiger partial charge is 0.289 e. The van der Waals surface area contributed by atoms with Gasteiger partial charge in [0.2, 0.25) is 0 Å². The van der Waals surface area contributed by atoms with E-state index in [1.54, 1.807) is 24.3 Å². The first kappa shape index (κ1) is 37.5. The molecule has 0 bridgehead atoms. The predicted octanol–water partition coefficient (Wildman–Crippen LogP) is 11.4. The Morgan fingerprint density at radius 3 is 1.40 bits per heavy atom. The van der Waals surface area contributed by atoms with Crippen LogP contribution < -0.4 is 0 Å². The summed E-state index contributed by atoms with van der Waals surface area (Å²) in [5, 5.41) is 0. The first-order chi connectivity index (χ1) is 29.4. The molecule has 6 aromatic carbocycles. The number of hydrogen-bond donors (Lipinski definition) is 0. The highest BCUT2D eigenvalue weighted by Crippen LogP contribution is 2.39. The summed E-state index contributed by atoms with van der Waals surface area (Å²) in [5.41, 5.74) is 7.75. The number of benzene rings is 6. The normalized spacial score (nSPS) is 12.3. The fourth-order valence-corrected chi connectivity index (χ4v) is 7.41. The third-order valence-electron chi connectivity index (χ3n) is 10.1. The van der Waals surface area contributed by atoms with Crippen LogP contribution in [0.25, 0.3) is 73.6 Å². The van der Waals surface area contributed by atoms with E-state index < -0.39 is 0 Å². The Hall–Kier alpha value is -8.10. The molecule has 9 rings (SSSR count). The highest BCUT2D eigenvalue weighted by atomic mass is 16.1. The van der Waals surface area contributed by atoms with Gasteiger partial charge in [-0.15, -0.1) is 0 Å². The van der Waals surface area contributed by atoms with Crippen molar-refractivity contribution in [1.82, 2.24) is 29.9 Å². The minimum absolute atomic E-state index is 0.248. The zero-order valence-corrected chi connectivity index (χ0v) is 32.9. The summed E-state index contributed by atoms with van der Waals surface area (Å²) in [5.74, 6) is 2.12.